The molecule has 4 N–H and O–H groups in total. The van der Waals surface area contributed by atoms with E-state index in [4.69, 9.17) is 15.2 Å². The number of rotatable bonds is 10. The van der Waals surface area contributed by atoms with Crippen LogP contribution in [0.3, 0.4) is 0 Å². The number of benzene rings is 2. The Labute approximate surface area is 287 Å². The highest BCUT2D eigenvalue weighted by Gasteiger charge is 2.39. The number of aliphatic hydroxyl groups excluding tert-OH is 1. The van der Waals surface area contributed by atoms with Gasteiger partial charge in [0.2, 0.25) is 0 Å². The third kappa shape index (κ3) is 7.04. The minimum atomic E-state index is -0.423. The molecule has 0 unspecified atom stereocenters. The normalized spacial score (nSPS) is 20.9. The summed E-state index contributed by atoms with van der Waals surface area (Å²) in [5.41, 5.74) is 13.6. The molecule has 5 heterocycles. The van der Waals surface area contributed by atoms with E-state index in [1.807, 2.05) is 7.05 Å². The molecule has 258 valence electrons. The Morgan fingerprint density at radius 1 is 1.08 bits per heavy atom. The number of nitrogens with one attached hydrogen (secondary N) is 1. The van der Waals surface area contributed by atoms with Crippen molar-refractivity contribution < 1.29 is 19.4 Å². The Bertz CT molecular complexity index is 1780. The number of hydrogen-bond acceptors (Lipinski definition) is 10. The number of aryl methyl sites for hydroxylation is 1. The molecule has 0 radical (unpaired) electrons. The molecule has 4 aromatic rings. The molecule has 1 amide bonds. The first-order valence-electron chi connectivity index (χ1n) is 17.1. The fourth-order valence-corrected chi connectivity index (χ4v) is 7.35. The van der Waals surface area contributed by atoms with Crippen LogP contribution < -0.4 is 16.0 Å². The highest BCUT2D eigenvalue weighted by Crippen LogP contribution is 2.44. The number of hydrogen-bond donors (Lipinski definition) is 3. The van der Waals surface area contributed by atoms with Crippen LogP contribution in [0.5, 0.6) is 0 Å². The van der Waals surface area contributed by atoms with Gasteiger partial charge >= 0.3 is 0 Å². The number of ether oxygens (including phenoxy) is 2. The SMILES string of the molecule is Cn1cc(-c2cnc(N)c(C(=O)N[C@H]3COC[C@@H]3OCc3ccc(-c4ccc5c(c4)C(C)(C)CN5C4CCN(CCO)CC4)cc3)n2)cn1. The number of anilines is 2. The van der Waals surface area contributed by atoms with Crippen molar-refractivity contribution in [2.75, 3.05) is 56.6 Å². The largest absolute Gasteiger partial charge is 0.395 e. The summed E-state index contributed by atoms with van der Waals surface area (Å²) < 4.78 is 13.6. The summed E-state index contributed by atoms with van der Waals surface area (Å²) in [5.74, 6) is -0.366. The third-order valence-corrected chi connectivity index (χ3v) is 10.1. The third-order valence-electron chi connectivity index (χ3n) is 10.1. The first-order valence-corrected chi connectivity index (χ1v) is 17.1. The molecule has 2 aromatic carbocycles. The molecule has 12 nitrogen and oxygen atoms in total. The van der Waals surface area contributed by atoms with E-state index in [-0.39, 0.29) is 35.7 Å². The monoisotopic (exact) mass is 666 g/mol. The fourth-order valence-electron chi connectivity index (χ4n) is 7.35. The van der Waals surface area contributed by atoms with Crippen LogP contribution in [0.4, 0.5) is 11.5 Å². The molecule has 7 rings (SSSR count). The van der Waals surface area contributed by atoms with E-state index in [9.17, 15) is 9.90 Å². The van der Waals surface area contributed by atoms with Crippen LogP contribution in [0.25, 0.3) is 22.4 Å². The van der Waals surface area contributed by atoms with Gasteiger partial charge in [0.05, 0.1) is 50.6 Å². The van der Waals surface area contributed by atoms with Gasteiger partial charge in [-0.2, -0.15) is 5.10 Å². The Morgan fingerprint density at radius 3 is 2.59 bits per heavy atom. The number of likely N-dealkylation sites (tertiary alicyclic amines) is 1. The van der Waals surface area contributed by atoms with Crippen molar-refractivity contribution in [3.63, 3.8) is 0 Å². The van der Waals surface area contributed by atoms with Crippen LogP contribution in [0, 0.1) is 0 Å². The Balaban J connectivity index is 0.968. The van der Waals surface area contributed by atoms with Crippen LogP contribution in [0.1, 0.15) is 48.3 Å². The summed E-state index contributed by atoms with van der Waals surface area (Å²) in [4.78, 5) is 26.8. The maximum Gasteiger partial charge on any atom is 0.274 e. The van der Waals surface area contributed by atoms with E-state index in [1.54, 1.807) is 17.1 Å². The quantitative estimate of drug-likeness (QED) is 0.231. The standard InChI is InChI=1S/C37H46N8O4/c1-37(2)23-45(28-10-12-44(13-11-28)14-15-46)32-9-8-26(16-29(32)37)25-6-4-24(5-7-25)20-49-33-22-48-21-31(33)42-36(47)34-35(38)39-18-30(41-34)27-17-40-43(3)19-27/h4-9,16-19,28,31,33,46H,10-15,20-23H2,1-3H3,(H2,38,39)(H,42,47)/t31-,33-/m0/s1. The van der Waals surface area contributed by atoms with Crippen molar-refractivity contribution in [2.24, 2.45) is 7.05 Å². The molecule has 0 bridgehead atoms. The number of fused-ring (bicyclic) bond motifs is 1. The first-order chi connectivity index (χ1) is 23.7. The van der Waals surface area contributed by atoms with Gasteiger partial charge in [-0.05, 0) is 47.2 Å². The lowest BCUT2D eigenvalue weighted by atomic mass is 9.85. The summed E-state index contributed by atoms with van der Waals surface area (Å²) in [5, 5.41) is 16.5. The highest BCUT2D eigenvalue weighted by atomic mass is 16.5. The van der Waals surface area contributed by atoms with E-state index in [0.29, 0.717) is 31.6 Å². The average Bonchev–Trinajstić information content (AvgIpc) is 3.81. The molecule has 2 aromatic heterocycles. The van der Waals surface area contributed by atoms with Crippen molar-refractivity contribution >= 4 is 17.4 Å². The fraction of sp³-hybridized carbons (Fsp3) is 0.459. The second kappa shape index (κ2) is 13.9. The molecule has 0 aliphatic carbocycles. The van der Waals surface area contributed by atoms with E-state index >= 15 is 0 Å². The number of aliphatic hydroxyl groups is 1. The van der Waals surface area contributed by atoms with Crippen LogP contribution in [-0.2, 0) is 28.5 Å². The van der Waals surface area contributed by atoms with Gasteiger partial charge in [0, 0.05) is 62.1 Å². The maximum atomic E-state index is 13.2. The summed E-state index contributed by atoms with van der Waals surface area (Å²) in [6, 6.07) is 15.6. The lowest BCUT2D eigenvalue weighted by Gasteiger charge is -2.38. The van der Waals surface area contributed by atoms with E-state index in [0.717, 1.165) is 50.1 Å². The number of nitrogens with zero attached hydrogens (tertiary/aromatic N) is 6. The number of carbonyl (C=O) groups is 1. The molecule has 2 atom stereocenters. The van der Waals surface area contributed by atoms with Crippen LogP contribution in [0.15, 0.2) is 61.1 Å². The first kappa shape index (κ1) is 33.2. The molecule has 2 saturated heterocycles. The van der Waals surface area contributed by atoms with Crippen molar-refractivity contribution in [3.05, 3.63) is 77.9 Å². The molecule has 2 fully saturated rings. The number of β-amino-alcohol motifs (C(OH)–C–C–N with tert-alkyl or cyclic N) is 1. The highest BCUT2D eigenvalue weighted by molar-refractivity contribution is 5.97. The zero-order valence-electron chi connectivity index (χ0n) is 28.5. The Hall–Kier alpha value is -4.36. The number of amides is 1. The summed E-state index contributed by atoms with van der Waals surface area (Å²) in [6.07, 6.45) is 6.94. The van der Waals surface area contributed by atoms with Gasteiger partial charge in [-0.15, -0.1) is 0 Å². The van der Waals surface area contributed by atoms with Crippen molar-refractivity contribution in [3.8, 4) is 22.4 Å². The lowest BCUT2D eigenvalue weighted by Crippen LogP contribution is -2.46. The van der Waals surface area contributed by atoms with Crippen LogP contribution in [-0.4, -0.2) is 99.8 Å². The van der Waals surface area contributed by atoms with E-state index < -0.39 is 5.91 Å². The van der Waals surface area contributed by atoms with Gasteiger partial charge in [0.15, 0.2) is 11.5 Å². The van der Waals surface area contributed by atoms with Crippen LogP contribution in [0.2, 0.25) is 0 Å². The second-order valence-electron chi connectivity index (χ2n) is 14.1. The van der Waals surface area contributed by atoms with Crippen LogP contribution >= 0.6 is 0 Å². The van der Waals surface area contributed by atoms with Crippen molar-refractivity contribution in [1.82, 2.24) is 30.0 Å². The molecule has 49 heavy (non-hydrogen) atoms. The Morgan fingerprint density at radius 2 is 1.86 bits per heavy atom. The van der Waals surface area contributed by atoms with E-state index in [1.165, 1.54) is 28.6 Å². The second-order valence-corrected chi connectivity index (χ2v) is 14.1. The predicted molar refractivity (Wildman–Crippen MR) is 188 cm³/mol. The zero-order chi connectivity index (χ0) is 34.1. The van der Waals surface area contributed by atoms with Gasteiger partial charge in [-0.1, -0.05) is 44.2 Å². The summed E-state index contributed by atoms with van der Waals surface area (Å²) in [6.45, 7) is 9.91. The summed E-state index contributed by atoms with van der Waals surface area (Å²) >= 11 is 0. The van der Waals surface area contributed by atoms with Gasteiger partial charge < -0.3 is 35.4 Å². The molecule has 0 spiro atoms. The molecule has 3 aliphatic rings. The number of nitrogens with two attached hydrogens (primary N) is 1. The predicted octanol–water partition coefficient (Wildman–Crippen LogP) is 3.39. The topological polar surface area (TPSA) is 144 Å². The number of aromatic nitrogens is 4. The minimum Gasteiger partial charge on any atom is -0.395 e. The van der Waals surface area contributed by atoms with Gasteiger partial charge in [-0.3, -0.25) is 9.48 Å². The average molecular weight is 667 g/mol. The smallest absolute Gasteiger partial charge is 0.274 e. The van der Waals surface area contributed by atoms with E-state index in [2.05, 4.69) is 86.5 Å². The van der Waals surface area contributed by atoms with Crippen molar-refractivity contribution in [1.29, 1.82) is 0 Å². The number of carbonyl (C=O) groups excluding carboxylic acids is 1. The number of piperidine rings is 1. The molecule has 3 aliphatic heterocycles. The molecule has 0 saturated carbocycles. The molecule has 12 heteroatoms. The van der Waals surface area contributed by atoms with Gasteiger partial charge in [0.25, 0.3) is 5.91 Å². The number of nitrogen functional groups attached to an aromatic ring is 1. The minimum absolute atomic E-state index is 0.0569. The summed E-state index contributed by atoms with van der Waals surface area (Å²) in [7, 11) is 1.81. The molecular formula is C37H46N8O4. The Kier molecular flexibility index (Phi) is 9.38. The maximum absolute atomic E-state index is 13.2. The molecular weight excluding hydrogens is 620 g/mol. The van der Waals surface area contributed by atoms with Gasteiger partial charge in [0.1, 0.15) is 6.10 Å². The lowest BCUT2D eigenvalue weighted by molar-refractivity contribution is 0.0218. The van der Waals surface area contributed by atoms with Gasteiger partial charge in [-0.25, -0.2) is 9.97 Å². The van der Waals surface area contributed by atoms with Crippen molar-refractivity contribution in [2.45, 2.75) is 56.9 Å². The zero-order valence-corrected chi connectivity index (χ0v) is 28.5.